The predicted molar refractivity (Wildman–Crippen MR) is 95.5 cm³/mol. The highest BCUT2D eigenvalue weighted by molar-refractivity contribution is 6.05. The number of aryl methyl sites for hydroxylation is 1. The molecule has 0 radical (unpaired) electrons. The van der Waals surface area contributed by atoms with Gasteiger partial charge >= 0.3 is 5.63 Å². The summed E-state index contributed by atoms with van der Waals surface area (Å²) < 4.78 is 5.20. The predicted octanol–water partition coefficient (Wildman–Crippen LogP) is 4.39. The number of amides is 1. The van der Waals surface area contributed by atoms with E-state index in [1.54, 1.807) is 24.3 Å². The van der Waals surface area contributed by atoms with Crippen LogP contribution in [0.15, 0.2) is 63.8 Å². The maximum Gasteiger partial charge on any atom is 0.349 e. The molecule has 0 saturated carbocycles. The zero-order chi connectivity index (χ0) is 16.9. The fraction of sp³-hybridized carbons (Fsp3) is 0.200. The molecular weight excluding hydrogens is 302 g/mol. The molecule has 0 aliphatic rings. The molecule has 0 fully saturated rings. The van der Waals surface area contributed by atoms with Crippen LogP contribution in [0, 0.1) is 0 Å². The minimum atomic E-state index is -0.634. The molecule has 2 aromatic carbocycles. The monoisotopic (exact) mass is 321 g/mol. The van der Waals surface area contributed by atoms with Crippen molar-refractivity contribution in [3.05, 3.63) is 76.1 Å². The summed E-state index contributed by atoms with van der Waals surface area (Å²) in [5, 5.41) is 3.47. The summed E-state index contributed by atoms with van der Waals surface area (Å²) in [6, 6.07) is 16.4. The largest absolute Gasteiger partial charge is 0.422 e. The Labute approximate surface area is 140 Å². The van der Waals surface area contributed by atoms with Crippen LogP contribution in [-0.2, 0) is 6.42 Å². The quantitative estimate of drug-likeness (QED) is 0.709. The molecule has 0 saturated heterocycles. The van der Waals surface area contributed by atoms with Gasteiger partial charge in [-0.1, -0.05) is 43.7 Å². The lowest BCUT2D eigenvalue weighted by Crippen LogP contribution is -2.20. The van der Waals surface area contributed by atoms with E-state index in [2.05, 4.69) is 12.2 Å². The summed E-state index contributed by atoms with van der Waals surface area (Å²) in [5.74, 6) is -0.462. The van der Waals surface area contributed by atoms with E-state index in [0.29, 0.717) is 11.3 Å². The Bertz CT molecular complexity index is 910. The van der Waals surface area contributed by atoms with Crippen molar-refractivity contribution in [2.45, 2.75) is 26.2 Å². The molecule has 3 aromatic rings. The van der Waals surface area contributed by atoms with Gasteiger partial charge in [0.15, 0.2) is 0 Å². The van der Waals surface area contributed by atoms with Crippen LogP contribution >= 0.6 is 0 Å². The molecule has 4 nitrogen and oxygen atoms in total. The number of fused-ring (bicyclic) bond motifs is 1. The first-order valence-electron chi connectivity index (χ1n) is 8.10. The number of benzene rings is 2. The molecule has 0 aliphatic carbocycles. The van der Waals surface area contributed by atoms with Crippen LogP contribution in [0.2, 0.25) is 0 Å². The van der Waals surface area contributed by atoms with Gasteiger partial charge in [0.2, 0.25) is 0 Å². The number of nitrogens with one attached hydrogen (secondary N) is 1. The molecule has 0 atom stereocenters. The van der Waals surface area contributed by atoms with Crippen molar-refractivity contribution in [3.63, 3.8) is 0 Å². The normalized spacial score (nSPS) is 10.7. The summed E-state index contributed by atoms with van der Waals surface area (Å²) in [6.45, 7) is 2.16. The van der Waals surface area contributed by atoms with Crippen LogP contribution in [0.1, 0.15) is 35.7 Å². The van der Waals surface area contributed by atoms with Crippen LogP contribution in [0.5, 0.6) is 0 Å². The highest BCUT2D eigenvalue weighted by atomic mass is 16.4. The van der Waals surface area contributed by atoms with Gasteiger partial charge < -0.3 is 9.73 Å². The molecule has 1 amide bonds. The van der Waals surface area contributed by atoms with E-state index in [9.17, 15) is 9.59 Å². The van der Waals surface area contributed by atoms with E-state index >= 15 is 0 Å². The summed E-state index contributed by atoms with van der Waals surface area (Å²) in [7, 11) is 0. The van der Waals surface area contributed by atoms with E-state index in [1.165, 1.54) is 5.56 Å². The average molecular weight is 321 g/mol. The smallest absolute Gasteiger partial charge is 0.349 e. The Balaban J connectivity index is 1.79. The molecule has 122 valence electrons. The third-order valence-electron chi connectivity index (χ3n) is 3.92. The second-order valence-electron chi connectivity index (χ2n) is 5.74. The molecular formula is C20H19NO3. The van der Waals surface area contributed by atoms with E-state index in [1.807, 2.05) is 30.3 Å². The van der Waals surface area contributed by atoms with Gasteiger partial charge in [-0.25, -0.2) is 4.79 Å². The highest BCUT2D eigenvalue weighted by Crippen LogP contribution is 2.15. The lowest BCUT2D eigenvalue weighted by molar-refractivity contribution is 0.102. The van der Waals surface area contributed by atoms with Gasteiger partial charge in [-0.15, -0.1) is 0 Å². The van der Waals surface area contributed by atoms with E-state index < -0.39 is 11.5 Å². The van der Waals surface area contributed by atoms with Crippen molar-refractivity contribution in [1.82, 2.24) is 0 Å². The summed E-state index contributed by atoms with van der Waals surface area (Å²) in [6.07, 6.45) is 3.32. The van der Waals surface area contributed by atoms with Crippen LogP contribution in [0.4, 0.5) is 5.69 Å². The Morgan fingerprint density at radius 3 is 2.58 bits per heavy atom. The van der Waals surface area contributed by atoms with Gasteiger partial charge in [0.25, 0.3) is 5.91 Å². The Morgan fingerprint density at radius 2 is 1.83 bits per heavy atom. The minimum absolute atomic E-state index is 0.00348. The molecule has 1 aromatic heterocycles. The van der Waals surface area contributed by atoms with E-state index in [-0.39, 0.29) is 5.56 Å². The number of rotatable bonds is 5. The number of para-hydroxylation sites is 1. The van der Waals surface area contributed by atoms with Gasteiger partial charge in [-0.05, 0) is 42.7 Å². The average Bonchev–Trinajstić information content (AvgIpc) is 2.60. The molecule has 4 heteroatoms. The molecule has 24 heavy (non-hydrogen) atoms. The SMILES string of the molecule is CCCCc1ccc(NC(=O)c2cc3ccccc3oc2=O)cc1. The molecule has 3 rings (SSSR count). The van der Waals surface area contributed by atoms with Crippen molar-refractivity contribution in [2.75, 3.05) is 5.32 Å². The fourth-order valence-corrected chi connectivity index (χ4v) is 2.55. The van der Waals surface area contributed by atoms with Crippen molar-refractivity contribution in [2.24, 2.45) is 0 Å². The van der Waals surface area contributed by atoms with Crippen molar-refractivity contribution < 1.29 is 9.21 Å². The Hall–Kier alpha value is -2.88. The minimum Gasteiger partial charge on any atom is -0.422 e. The first-order valence-corrected chi connectivity index (χ1v) is 8.10. The van der Waals surface area contributed by atoms with Crippen LogP contribution in [0.3, 0.4) is 0 Å². The van der Waals surface area contributed by atoms with Crippen molar-refractivity contribution >= 4 is 22.6 Å². The lowest BCUT2D eigenvalue weighted by atomic mass is 10.1. The van der Waals surface area contributed by atoms with Gasteiger partial charge in [-0.2, -0.15) is 0 Å². The number of carbonyl (C=O) groups is 1. The Kier molecular flexibility index (Phi) is 4.75. The maximum atomic E-state index is 12.4. The van der Waals surface area contributed by atoms with Crippen LogP contribution < -0.4 is 10.9 Å². The molecule has 0 bridgehead atoms. The molecule has 0 unspecified atom stereocenters. The third-order valence-corrected chi connectivity index (χ3v) is 3.92. The van der Waals surface area contributed by atoms with Crippen LogP contribution in [0.25, 0.3) is 11.0 Å². The standard InChI is InChI=1S/C20H19NO3/c1-2-3-6-14-9-11-16(12-10-14)21-19(22)17-13-15-7-4-5-8-18(15)24-20(17)23/h4-5,7-13H,2-3,6H2,1H3,(H,21,22). The molecule has 0 spiro atoms. The van der Waals surface area contributed by atoms with Crippen LogP contribution in [-0.4, -0.2) is 5.91 Å². The van der Waals surface area contributed by atoms with Gasteiger partial charge in [0.1, 0.15) is 11.1 Å². The van der Waals surface area contributed by atoms with Crippen molar-refractivity contribution in [1.29, 1.82) is 0 Å². The molecule has 0 aliphatic heterocycles. The number of hydrogen-bond acceptors (Lipinski definition) is 3. The summed E-state index contributed by atoms with van der Waals surface area (Å²) >= 11 is 0. The Morgan fingerprint density at radius 1 is 1.08 bits per heavy atom. The molecule has 1 N–H and O–H groups in total. The van der Waals surface area contributed by atoms with Gasteiger partial charge in [-0.3, -0.25) is 4.79 Å². The zero-order valence-corrected chi connectivity index (χ0v) is 13.5. The number of anilines is 1. The first-order chi connectivity index (χ1) is 11.7. The van der Waals surface area contributed by atoms with Gasteiger partial charge in [0, 0.05) is 11.1 Å². The number of hydrogen-bond donors (Lipinski definition) is 1. The highest BCUT2D eigenvalue weighted by Gasteiger charge is 2.13. The molecule has 1 heterocycles. The van der Waals surface area contributed by atoms with E-state index in [0.717, 1.165) is 24.6 Å². The number of carbonyl (C=O) groups excluding carboxylic acids is 1. The first kappa shape index (κ1) is 16.0. The second-order valence-corrected chi connectivity index (χ2v) is 5.74. The summed E-state index contributed by atoms with van der Waals surface area (Å²) in [4.78, 5) is 24.4. The summed E-state index contributed by atoms with van der Waals surface area (Å²) in [5.41, 5.74) is 1.74. The number of unbranched alkanes of at least 4 members (excludes halogenated alkanes) is 1. The lowest BCUT2D eigenvalue weighted by Gasteiger charge is -2.06. The van der Waals surface area contributed by atoms with Crippen molar-refractivity contribution in [3.8, 4) is 0 Å². The fourth-order valence-electron chi connectivity index (χ4n) is 2.55. The third kappa shape index (κ3) is 3.54. The van der Waals surface area contributed by atoms with Gasteiger partial charge in [0.05, 0.1) is 0 Å². The maximum absolute atomic E-state index is 12.4. The topological polar surface area (TPSA) is 59.3 Å². The van der Waals surface area contributed by atoms with E-state index in [4.69, 9.17) is 4.42 Å². The second kappa shape index (κ2) is 7.13. The zero-order valence-electron chi connectivity index (χ0n) is 13.5.